The number of hydrogen-bond acceptors (Lipinski definition) is 6. The minimum Gasteiger partial charge on any atom is -0.444 e. The molecular weight excluding hydrogens is 438 g/mol. The average Bonchev–Trinajstić information content (AvgIpc) is 2.71. The van der Waals surface area contributed by atoms with Gasteiger partial charge in [0.15, 0.2) is 9.84 Å². The van der Waals surface area contributed by atoms with Crippen molar-refractivity contribution in [2.24, 2.45) is 5.92 Å². The molecule has 2 heterocycles. The molecule has 2 aliphatic heterocycles. The van der Waals surface area contributed by atoms with Crippen LogP contribution in [0.25, 0.3) is 0 Å². The van der Waals surface area contributed by atoms with Crippen LogP contribution in [-0.2, 0) is 14.6 Å². The Kier molecular flexibility index (Phi) is 7.99. The van der Waals surface area contributed by atoms with E-state index in [-0.39, 0.29) is 6.09 Å². The SMILES string of the molecule is CC1CN(c2ccc(S(C)(=O)=O)cc2)CC(C)N1CCC1CCN(C(=O)OC(C)(C)C)CC1. The van der Waals surface area contributed by atoms with Gasteiger partial charge in [-0.2, -0.15) is 0 Å². The van der Waals surface area contributed by atoms with Crippen LogP contribution in [0.15, 0.2) is 29.2 Å². The van der Waals surface area contributed by atoms with Crippen molar-refractivity contribution in [1.29, 1.82) is 0 Å². The zero-order valence-electron chi connectivity index (χ0n) is 21.1. The Labute approximate surface area is 200 Å². The maximum absolute atomic E-state index is 12.3. The van der Waals surface area contributed by atoms with Gasteiger partial charge in [-0.3, -0.25) is 4.90 Å². The molecule has 33 heavy (non-hydrogen) atoms. The number of amides is 1. The number of anilines is 1. The highest BCUT2D eigenvalue weighted by Crippen LogP contribution is 2.27. The number of piperidine rings is 1. The van der Waals surface area contributed by atoms with Crippen molar-refractivity contribution in [2.75, 3.05) is 43.9 Å². The summed E-state index contributed by atoms with van der Waals surface area (Å²) >= 11 is 0. The summed E-state index contributed by atoms with van der Waals surface area (Å²) < 4.78 is 29.0. The van der Waals surface area contributed by atoms with Crippen LogP contribution in [0.3, 0.4) is 0 Å². The molecule has 1 aromatic carbocycles. The monoisotopic (exact) mass is 479 g/mol. The summed E-state index contributed by atoms with van der Waals surface area (Å²) in [4.78, 5) is 19.5. The van der Waals surface area contributed by atoms with Gasteiger partial charge in [-0.25, -0.2) is 13.2 Å². The third-order valence-electron chi connectivity index (χ3n) is 6.79. The molecule has 186 valence electrons. The zero-order valence-corrected chi connectivity index (χ0v) is 21.9. The molecule has 2 saturated heterocycles. The lowest BCUT2D eigenvalue weighted by atomic mass is 9.92. The molecule has 0 radical (unpaired) electrons. The second-order valence-electron chi connectivity index (χ2n) is 10.8. The van der Waals surface area contributed by atoms with Crippen LogP contribution >= 0.6 is 0 Å². The lowest BCUT2D eigenvalue weighted by Crippen LogP contribution is -2.57. The fraction of sp³-hybridized carbons (Fsp3) is 0.720. The van der Waals surface area contributed by atoms with Crippen LogP contribution in [-0.4, -0.2) is 81.0 Å². The van der Waals surface area contributed by atoms with E-state index < -0.39 is 15.4 Å². The third kappa shape index (κ3) is 7.09. The van der Waals surface area contributed by atoms with E-state index in [4.69, 9.17) is 4.74 Å². The van der Waals surface area contributed by atoms with Gasteiger partial charge in [-0.05, 0) is 90.6 Å². The van der Waals surface area contributed by atoms with Gasteiger partial charge in [0.05, 0.1) is 4.90 Å². The number of piperazine rings is 1. The summed E-state index contributed by atoms with van der Waals surface area (Å²) in [5, 5.41) is 0. The third-order valence-corrected chi connectivity index (χ3v) is 7.92. The maximum Gasteiger partial charge on any atom is 0.410 e. The van der Waals surface area contributed by atoms with E-state index in [0.717, 1.165) is 57.7 Å². The van der Waals surface area contributed by atoms with E-state index in [2.05, 4.69) is 23.6 Å². The highest BCUT2D eigenvalue weighted by Gasteiger charge is 2.31. The summed E-state index contributed by atoms with van der Waals surface area (Å²) in [6.07, 6.45) is 4.28. The van der Waals surface area contributed by atoms with Crippen LogP contribution in [0, 0.1) is 5.92 Å². The number of likely N-dealkylation sites (tertiary alicyclic amines) is 1. The maximum atomic E-state index is 12.3. The Morgan fingerprint density at radius 3 is 2.06 bits per heavy atom. The van der Waals surface area contributed by atoms with E-state index in [1.165, 1.54) is 6.26 Å². The summed E-state index contributed by atoms with van der Waals surface area (Å²) in [5.41, 5.74) is 0.633. The van der Waals surface area contributed by atoms with Gasteiger partial charge in [-0.15, -0.1) is 0 Å². The number of nitrogens with zero attached hydrogens (tertiary/aromatic N) is 3. The number of sulfone groups is 1. The fourth-order valence-corrected chi connectivity index (χ4v) is 5.61. The number of hydrogen-bond donors (Lipinski definition) is 0. The summed E-state index contributed by atoms with van der Waals surface area (Å²) in [7, 11) is -3.17. The van der Waals surface area contributed by atoms with Crippen LogP contribution < -0.4 is 4.90 Å². The quantitative estimate of drug-likeness (QED) is 0.635. The molecule has 1 amide bonds. The van der Waals surface area contributed by atoms with E-state index >= 15 is 0 Å². The first-order valence-electron chi connectivity index (χ1n) is 12.1. The lowest BCUT2D eigenvalue weighted by molar-refractivity contribution is 0.0173. The molecule has 2 fully saturated rings. The van der Waals surface area contributed by atoms with Gasteiger partial charge in [0.25, 0.3) is 0 Å². The predicted molar refractivity (Wildman–Crippen MR) is 133 cm³/mol. The molecule has 0 spiro atoms. The molecule has 0 aromatic heterocycles. The minimum absolute atomic E-state index is 0.191. The van der Waals surface area contributed by atoms with Crippen molar-refractivity contribution in [2.45, 2.75) is 76.5 Å². The van der Waals surface area contributed by atoms with E-state index in [9.17, 15) is 13.2 Å². The van der Waals surface area contributed by atoms with Gasteiger partial charge in [0.2, 0.25) is 0 Å². The van der Waals surface area contributed by atoms with Gasteiger partial charge in [0, 0.05) is 50.2 Å². The first-order valence-corrected chi connectivity index (χ1v) is 14.0. The summed E-state index contributed by atoms with van der Waals surface area (Å²) in [5.74, 6) is 0.643. The van der Waals surface area contributed by atoms with E-state index in [0.29, 0.717) is 22.9 Å². The van der Waals surface area contributed by atoms with Gasteiger partial charge in [-0.1, -0.05) is 0 Å². The number of ether oxygens (including phenoxy) is 1. The van der Waals surface area contributed by atoms with Gasteiger partial charge < -0.3 is 14.5 Å². The van der Waals surface area contributed by atoms with E-state index in [1.54, 1.807) is 12.1 Å². The highest BCUT2D eigenvalue weighted by molar-refractivity contribution is 7.90. The number of benzene rings is 1. The molecule has 8 heteroatoms. The first kappa shape index (κ1) is 25.8. The summed E-state index contributed by atoms with van der Waals surface area (Å²) in [6.45, 7) is 14.8. The molecule has 7 nitrogen and oxygen atoms in total. The molecular formula is C25H41N3O4S. The number of carbonyl (C=O) groups excluding carboxylic acids is 1. The molecule has 1 aromatic rings. The normalized spacial score (nSPS) is 23.6. The fourth-order valence-electron chi connectivity index (χ4n) is 4.97. The van der Waals surface area contributed by atoms with Gasteiger partial charge in [0.1, 0.15) is 5.60 Å². The Hall–Kier alpha value is -1.80. The van der Waals surface area contributed by atoms with Crippen LogP contribution in [0.1, 0.15) is 53.9 Å². The average molecular weight is 480 g/mol. The Balaban J connectivity index is 1.47. The van der Waals surface area contributed by atoms with Crippen LogP contribution in [0.4, 0.5) is 10.5 Å². The topological polar surface area (TPSA) is 70.2 Å². The van der Waals surface area contributed by atoms with Crippen molar-refractivity contribution in [1.82, 2.24) is 9.80 Å². The molecule has 3 rings (SSSR count). The number of rotatable bonds is 5. The lowest BCUT2D eigenvalue weighted by Gasteiger charge is -2.46. The van der Waals surface area contributed by atoms with Gasteiger partial charge >= 0.3 is 6.09 Å². The second-order valence-corrected chi connectivity index (χ2v) is 12.8. The van der Waals surface area contributed by atoms with Crippen molar-refractivity contribution in [3.8, 4) is 0 Å². The molecule has 0 aliphatic carbocycles. The standard InChI is InChI=1S/C25H41N3O4S/c1-19-17-27(22-7-9-23(10-8-22)33(6,30)31)18-20(2)28(19)16-13-21-11-14-26(15-12-21)24(29)32-25(3,4)5/h7-10,19-21H,11-18H2,1-6H3. The summed E-state index contributed by atoms with van der Waals surface area (Å²) in [6, 6.07) is 8.09. The van der Waals surface area contributed by atoms with E-state index in [1.807, 2.05) is 37.8 Å². The molecule has 2 unspecified atom stereocenters. The predicted octanol–water partition coefficient (Wildman–Crippen LogP) is 4.03. The minimum atomic E-state index is -3.17. The first-order chi connectivity index (χ1) is 15.3. The highest BCUT2D eigenvalue weighted by atomic mass is 32.2. The van der Waals surface area contributed by atoms with Crippen molar-refractivity contribution < 1.29 is 17.9 Å². The van der Waals surface area contributed by atoms with Crippen LogP contribution in [0.5, 0.6) is 0 Å². The molecule has 0 N–H and O–H groups in total. The van der Waals surface area contributed by atoms with Crippen molar-refractivity contribution >= 4 is 21.6 Å². The zero-order chi connectivity index (χ0) is 24.4. The second kappa shape index (κ2) is 10.2. The molecule has 2 atom stereocenters. The van der Waals surface area contributed by atoms with Crippen LogP contribution in [0.2, 0.25) is 0 Å². The van der Waals surface area contributed by atoms with Crippen molar-refractivity contribution in [3.05, 3.63) is 24.3 Å². The Morgan fingerprint density at radius 1 is 1.03 bits per heavy atom. The smallest absolute Gasteiger partial charge is 0.410 e. The Morgan fingerprint density at radius 2 is 1.58 bits per heavy atom. The molecule has 0 saturated carbocycles. The largest absolute Gasteiger partial charge is 0.444 e. The molecule has 0 bridgehead atoms. The van der Waals surface area contributed by atoms with Crippen molar-refractivity contribution in [3.63, 3.8) is 0 Å². The number of carbonyl (C=O) groups is 1. The molecule has 2 aliphatic rings. The Bertz CT molecular complexity index is 891.